The van der Waals surface area contributed by atoms with Gasteiger partial charge in [0.05, 0.1) is 0 Å². The first-order valence-corrected chi connectivity index (χ1v) is 8.29. The zero-order chi connectivity index (χ0) is 17.3. The van der Waals surface area contributed by atoms with Gasteiger partial charge in [-0.2, -0.15) is 0 Å². The summed E-state index contributed by atoms with van der Waals surface area (Å²) in [4.78, 5) is 17.5. The van der Waals surface area contributed by atoms with Gasteiger partial charge >= 0.3 is 0 Å². The molecule has 0 aliphatic rings. The summed E-state index contributed by atoms with van der Waals surface area (Å²) in [7, 11) is 0. The molecular formula is C20H23N3O. The number of imidazole rings is 1. The zero-order valence-electron chi connectivity index (χ0n) is 14.6. The van der Waals surface area contributed by atoms with Gasteiger partial charge in [-0.25, -0.2) is 4.98 Å². The number of rotatable bonds is 4. The SMILES string of the molecule is Cc1ccc(-c2nc3ccc(C)cn3c2C(=O)NCC(C)C)cc1. The highest BCUT2D eigenvalue weighted by molar-refractivity contribution is 5.99. The van der Waals surface area contributed by atoms with E-state index in [2.05, 4.69) is 19.2 Å². The summed E-state index contributed by atoms with van der Waals surface area (Å²) in [6.45, 7) is 8.87. The van der Waals surface area contributed by atoms with Gasteiger partial charge in [-0.3, -0.25) is 9.20 Å². The van der Waals surface area contributed by atoms with Crippen molar-refractivity contribution in [2.45, 2.75) is 27.7 Å². The number of carbonyl (C=O) groups is 1. The van der Waals surface area contributed by atoms with E-state index in [9.17, 15) is 4.79 Å². The van der Waals surface area contributed by atoms with Gasteiger partial charge in [-0.15, -0.1) is 0 Å². The summed E-state index contributed by atoms with van der Waals surface area (Å²) >= 11 is 0. The van der Waals surface area contributed by atoms with Crippen molar-refractivity contribution in [1.29, 1.82) is 0 Å². The highest BCUT2D eigenvalue weighted by atomic mass is 16.1. The van der Waals surface area contributed by atoms with E-state index < -0.39 is 0 Å². The van der Waals surface area contributed by atoms with E-state index in [0.717, 1.165) is 22.5 Å². The number of hydrogen-bond donors (Lipinski definition) is 1. The topological polar surface area (TPSA) is 46.4 Å². The Hall–Kier alpha value is -2.62. The first-order chi connectivity index (χ1) is 11.5. The Morgan fingerprint density at radius 1 is 1.08 bits per heavy atom. The van der Waals surface area contributed by atoms with Crippen molar-refractivity contribution in [3.8, 4) is 11.3 Å². The molecule has 0 atom stereocenters. The highest BCUT2D eigenvalue weighted by Gasteiger charge is 2.20. The quantitative estimate of drug-likeness (QED) is 0.789. The summed E-state index contributed by atoms with van der Waals surface area (Å²) in [6.07, 6.45) is 1.96. The Kier molecular flexibility index (Phi) is 4.38. The predicted octanol–water partition coefficient (Wildman–Crippen LogP) is 4.00. The summed E-state index contributed by atoms with van der Waals surface area (Å²) in [5.74, 6) is 0.315. The first kappa shape index (κ1) is 16.2. The summed E-state index contributed by atoms with van der Waals surface area (Å²) in [5, 5.41) is 3.02. The van der Waals surface area contributed by atoms with Crippen LogP contribution >= 0.6 is 0 Å². The lowest BCUT2D eigenvalue weighted by atomic mass is 10.1. The van der Waals surface area contributed by atoms with Gasteiger partial charge in [-0.05, 0) is 31.4 Å². The van der Waals surface area contributed by atoms with Crippen LogP contribution in [0.25, 0.3) is 16.9 Å². The van der Waals surface area contributed by atoms with E-state index in [1.165, 1.54) is 5.56 Å². The van der Waals surface area contributed by atoms with Crippen LogP contribution in [0.3, 0.4) is 0 Å². The number of hydrogen-bond acceptors (Lipinski definition) is 2. The van der Waals surface area contributed by atoms with Gasteiger partial charge in [0.15, 0.2) is 0 Å². The van der Waals surface area contributed by atoms with Crippen LogP contribution in [0, 0.1) is 19.8 Å². The highest BCUT2D eigenvalue weighted by Crippen LogP contribution is 2.25. The van der Waals surface area contributed by atoms with Crippen molar-refractivity contribution in [3.63, 3.8) is 0 Å². The molecule has 2 heterocycles. The number of aryl methyl sites for hydroxylation is 2. The molecule has 1 aromatic carbocycles. The van der Waals surface area contributed by atoms with E-state index in [0.29, 0.717) is 18.2 Å². The maximum absolute atomic E-state index is 12.8. The molecule has 4 heteroatoms. The van der Waals surface area contributed by atoms with Crippen molar-refractivity contribution >= 4 is 11.6 Å². The van der Waals surface area contributed by atoms with Gasteiger partial charge in [0, 0.05) is 18.3 Å². The number of amides is 1. The van der Waals surface area contributed by atoms with E-state index >= 15 is 0 Å². The summed E-state index contributed by atoms with van der Waals surface area (Å²) in [6, 6.07) is 12.1. The van der Waals surface area contributed by atoms with Crippen molar-refractivity contribution in [2.24, 2.45) is 5.92 Å². The van der Waals surface area contributed by atoms with Crippen LogP contribution in [-0.2, 0) is 0 Å². The van der Waals surface area contributed by atoms with Crippen molar-refractivity contribution in [2.75, 3.05) is 6.54 Å². The number of fused-ring (bicyclic) bond motifs is 1. The van der Waals surface area contributed by atoms with E-state index in [-0.39, 0.29) is 5.91 Å². The molecule has 3 rings (SSSR count). The Labute approximate surface area is 142 Å². The average molecular weight is 321 g/mol. The molecule has 24 heavy (non-hydrogen) atoms. The molecule has 1 amide bonds. The Balaban J connectivity index is 2.15. The Morgan fingerprint density at radius 3 is 2.42 bits per heavy atom. The largest absolute Gasteiger partial charge is 0.350 e. The minimum atomic E-state index is -0.0858. The lowest BCUT2D eigenvalue weighted by Crippen LogP contribution is -2.28. The standard InChI is InChI=1S/C20H23N3O/c1-13(2)11-21-20(24)19-18(16-8-5-14(3)6-9-16)22-17-10-7-15(4)12-23(17)19/h5-10,12-13H,11H2,1-4H3,(H,21,24). The lowest BCUT2D eigenvalue weighted by Gasteiger charge is -2.09. The van der Waals surface area contributed by atoms with Gasteiger partial charge in [0.25, 0.3) is 5.91 Å². The fraction of sp³-hybridized carbons (Fsp3) is 0.300. The third-order valence-corrected chi connectivity index (χ3v) is 3.98. The first-order valence-electron chi connectivity index (χ1n) is 8.29. The van der Waals surface area contributed by atoms with Crippen molar-refractivity contribution < 1.29 is 4.79 Å². The summed E-state index contributed by atoms with van der Waals surface area (Å²) in [5.41, 5.74) is 5.33. The van der Waals surface area contributed by atoms with Crippen LogP contribution in [0.1, 0.15) is 35.5 Å². The Bertz CT molecular complexity index is 876. The van der Waals surface area contributed by atoms with Gasteiger partial charge in [-0.1, -0.05) is 49.7 Å². The predicted molar refractivity (Wildman–Crippen MR) is 97.3 cm³/mol. The molecule has 0 aliphatic carbocycles. The third-order valence-electron chi connectivity index (χ3n) is 3.98. The monoisotopic (exact) mass is 321 g/mol. The molecule has 1 N–H and O–H groups in total. The second kappa shape index (κ2) is 6.48. The van der Waals surface area contributed by atoms with Crippen LogP contribution in [-0.4, -0.2) is 21.8 Å². The number of nitrogens with zero attached hydrogens (tertiary/aromatic N) is 2. The third kappa shape index (κ3) is 3.18. The average Bonchev–Trinajstić information content (AvgIpc) is 2.91. The van der Waals surface area contributed by atoms with E-state index in [1.54, 1.807) is 0 Å². The second-order valence-corrected chi connectivity index (χ2v) is 6.71. The number of nitrogens with one attached hydrogen (secondary N) is 1. The van der Waals surface area contributed by atoms with Crippen molar-refractivity contribution in [1.82, 2.24) is 14.7 Å². The van der Waals surface area contributed by atoms with Crippen LogP contribution in [0.15, 0.2) is 42.6 Å². The zero-order valence-corrected chi connectivity index (χ0v) is 14.6. The summed E-state index contributed by atoms with van der Waals surface area (Å²) < 4.78 is 1.89. The molecule has 0 saturated heterocycles. The van der Waals surface area contributed by atoms with Gasteiger partial charge in [0.2, 0.25) is 0 Å². The fourth-order valence-corrected chi connectivity index (χ4v) is 2.66. The van der Waals surface area contributed by atoms with Gasteiger partial charge in [0.1, 0.15) is 17.0 Å². The van der Waals surface area contributed by atoms with E-state index in [1.807, 2.05) is 60.8 Å². The minimum absolute atomic E-state index is 0.0858. The van der Waals surface area contributed by atoms with Crippen LogP contribution < -0.4 is 5.32 Å². The molecule has 0 bridgehead atoms. The number of carbonyl (C=O) groups excluding carboxylic acids is 1. The van der Waals surface area contributed by atoms with Gasteiger partial charge < -0.3 is 5.32 Å². The number of aromatic nitrogens is 2. The fourth-order valence-electron chi connectivity index (χ4n) is 2.66. The minimum Gasteiger partial charge on any atom is -0.350 e. The lowest BCUT2D eigenvalue weighted by molar-refractivity contribution is 0.0944. The molecule has 0 spiro atoms. The molecule has 0 aliphatic heterocycles. The molecule has 124 valence electrons. The molecule has 0 fully saturated rings. The second-order valence-electron chi connectivity index (χ2n) is 6.71. The maximum atomic E-state index is 12.8. The van der Waals surface area contributed by atoms with Crippen LogP contribution in [0.4, 0.5) is 0 Å². The van der Waals surface area contributed by atoms with Crippen LogP contribution in [0.5, 0.6) is 0 Å². The molecule has 2 aromatic heterocycles. The number of pyridine rings is 1. The smallest absolute Gasteiger partial charge is 0.270 e. The normalized spacial score (nSPS) is 11.2. The van der Waals surface area contributed by atoms with E-state index in [4.69, 9.17) is 4.98 Å². The van der Waals surface area contributed by atoms with Crippen molar-refractivity contribution in [3.05, 3.63) is 59.4 Å². The Morgan fingerprint density at radius 2 is 1.75 bits per heavy atom. The molecular weight excluding hydrogens is 298 g/mol. The molecule has 3 aromatic rings. The molecule has 0 saturated carbocycles. The molecule has 0 unspecified atom stereocenters. The number of benzene rings is 1. The molecule has 4 nitrogen and oxygen atoms in total. The van der Waals surface area contributed by atoms with Crippen LogP contribution in [0.2, 0.25) is 0 Å². The molecule has 0 radical (unpaired) electrons. The maximum Gasteiger partial charge on any atom is 0.270 e.